The van der Waals surface area contributed by atoms with E-state index in [1.165, 1.54) is 4.31 Å². The molecule has 1 aromatic rings. The van der Waals surface area contributed by atoms with Gasteiger partial charge in [0.2, 0.25) is 10.0 Å². The molecule has 0 saturated heterocycles. The molecule has 0 unspecified atom stereocenters. The van der Waals surface area contributed by atoms with Gasteiger partial charge in [0.1, 0.15) is 0 Å². The highest BCUT2D eigenvalue weighted by molar-refractivity contribution is 7.88. The summed E-state index contributed by atoms with van der Waals surface area (Å²) in [5, 5.41) is 2.51. The first-order valence-corrected chi connectivity index (χ1v) is 9.01. The number of amides is 1. The quantitative estimate of drug-likeness (QED) is 0.871. The number of halogens is 3. The van der Waals surface area contributed by atoms with Crippen LogP contribution < -0.4 is 5.32 Å². The molecule has 24 heavy (non-hydrogen) atoms. The van der Waals surface area contributed by atoms with Crippen LogP contribution in [0.2, 0.25) is 0 Å². The summed E-state index contributed by atoms with van der Waals surface area (Å²) in [6, 6.07) is 3.81. The molecule has 0 atom stereocenters. The van der Waals surface area contributed by atoms with Gasteiger partial charge in [-0.05, 0) is 45.0 Å². The maximum atomic E-state index is 12.5. The van der Waals surface area contributed by atoms with E-state index in [4.69, 9.17) is 0 Å². The second-order valence-corrected chi connectivity index (χ2v) is 8.24. The Morgan fingerprint density at radius 3 is 2.00 bits per heavy atom. The summed E-state index contributed by atoms with van der Waals surface area (Å²) in [6.45, 7) is 5.29. The van der Waals surface area contributed by atoms with Gasteiger partial charge in [-0.2, -0.15) is 17.5 Å². The van der Waals surface area contributed by atoms with Crippen molar-refractivity contribution >= 4 is 15.9 Å². The van der Waals surface area contributed by atoms with E-state index >= 15 is 0 Å². The average molecular weight is 366 g/mol. The zero-order valence-electron chi connectivity index (χ0n) is 13.9. The summed E-state index contributed by atoms with van der Waals surface area (Å²) in [5.74, 6) is -0.564. The number of carbonyl (C=O) groups excluding carboxylic acids is 1. The molecule has 0 heterocycles. The van der Waals surface area contributed by atoms with Gasteiger partial charge in [-0.1, -0.05) is 0 Å². The lowest BCUT2D eigenvalue weighted by Gasteiger charge is -2.33. The second-order valence-electron chi connectivity index (χ2n) is 6.34. The number of nitrogens with one attached hydrogen (secondary N) is 1. The molecular weight excluding hydrogens is 345 g/mol. The van der Waals surface area contributed by atoms with Crippen LogP contribution in [0.5, 0.6) is 0 Å². The number of benzene rings is 1. The van der Waals surface area contributed by atoms with Gasteiger partial charge in [0, 0.05) is 24.2 Å². The smallest absolute Gasteiger partial charge is 0.351 e. The van der Waals surface area contributed by atoms with Crippen LogP contribution >= 0.6 is 0 Å². The van der Waals surface area contributed by atoms with E-state index in [2.05, 4.69) is 5.32 Å². The van der Waals surface area contributed by atoms with Gasteiger partial charge in [0.15, 0.2) is 0 Å². The Balaban J connectivity index is 2.69. The van der Waals surface area contributed by atoms with E-state index < -0.39 is 33.2 Å². The average Bonchev–Trinajstić information content (AvgIpc) is 2.39. The zero-order chi connectivity index (χ0) is 18.8. The van der Waals surface area contributed by atoms with Crippen LogP contribution in [0.3, 0.4) is 0 Å². The maximum Gasteiger partial charge on any atom is 0.416 e. The van der Waals surface area contributed by atoms with Gasteiger partial charge in [-0.25, -0.2) is 8.42 Å². The summed E-state index contributed by atoms with van der Waals surface area (Å²) in [6.07, 6.45) is -3.38. The SMILES string of the molecule is CC(C)(C)N(CCNC(=O)c1ccc(C(F)(F)F)cc1)S(C)(=O)=O. The maximum absolute atomic E-state index is 12.5. The van der Waals surface area contributed by atoms with Gasteiger partial charge in [0.05, 0.1) is 11.8 Å². The Labute approximate surface area is 139 Å². The molecule has 0 spiro atoms. The predicted molar refractivity (Wildman–Crippen MR) is 85.1 cm³/mol. The van der Waals surface area contributed by atoms with Crippen LogP contribution in [0.1, 0.15) is 36.7 Å². The molecule has 9 heteroatoms. The fraction of sp³-hybridized carbons (Fsp3) is 0.533. The molecule has 0 bridgehead atoms. The van der Waals surface area contributed by atoms with Crippen LogP contribution in [0.15, 0.2) is 24.3 Å². The van der Waals surface area contributed by atoms with E-state index in [0.717, 1.165) is 30.5 Å². The highest BCUT2D eigenvalue weighted by Gasteiger charge is 2.30. The topological polar surface area (TPSA) is 66.5 Å². The Hall–Kier alpha value is -1.61. The molecule has 0 aromatic heterocycles. The lowest BCUT2D eigenvalue weighted by molar-refractivity contribution is -0.137. The summed E-state index contributed by atoms with van der Waals surface area (Å²) >= 11 is 0. The largest absolute Gasteiger partial charge is 0.416 e. The van der Waals surface area contributed by atoms with Crippen LogP contribution in [0.4, 0.5) is 13.2 Å². The summed E-state index contributed by atoms with van der Waals surface area (Å²) in [5.41, 5.74) is -1.41. The standard InChI is InChI=1S/C15H21F3N2O3S/c1-14(2,3)20(24(4,22)23)10-9-19-13(21)11-5-7-12(8-6-11)15(16,17)18/h5-8H,9-10H2,1-4H3,(H,19,21). The molecule has 1 rings (SSSR count). The molecular formula is C15H21F3N2O3S. The Bertz CT molecular complexity index is 677. The van der Waals surface area contributed by atoms with E-state index in [1.54, 1.807) is 20.8 Å². The molecule has 136 valence electrons. The van der Waals surface area contributed by atoms with Crippen molar-refractivity contribution in [2.24, 2.45) is 0 Å². The van der Waals surface area contributed by atoms with Crippen molar-refractivity contribution in [1.82, 2.24) is 9.62 Å². The number of alkyl halides is 3. The molecule has 0 fully saturated rings. The van der Waals surface area contributed by atoms with E-state index in [0.29, 0.717) is 0 Å². The van der Waals surface area contributed by atoms with Gasteiger partial charge in [0.25, 0.3) is 5.91 Å². The van der Waals surface area contributed by atoms with Crippen molar-refractivity contribution in [3.05, 3.63) is 35.4 Å². The summed E-state index contributed by atoms with van der Waals surface area (Å²) < 4.78 is 62.2. The Morgan fingerprint density at radius 2 is 1.62 bits per heavy atom. The highest BCUT2D eigenvalue weighted by atomic mass is 32.2. The Kier molecular flexibility index (Phi) is 6.05. The lowest BCUT2D eigenvalue weighted by Crippen LogP contribution is -2.48. The highest BCUT2D eigenvalue weighted by Crippen LogP contribution is 2.29. The van der Waals surface area contributed by atoms with E-state index in [-0.39, 0.29) is 18.7 Å². The summed E-state index contributed by atoms with van der Waals surface area (Å²) in [7, 11) is -3.45. The lowest BCUT2D eigenvalue weighted by atomic mass is 10.1. The number of nitrogens with zero attached hydrogens (tertiary/aromatic N) is 1. The minimum absolute atomic E-state index is 0.0458. The van der Waals surface area contributed by atoms with Crippen LogP contribution in [-0.2, 0) is 16.2 Å². The molecule has 1 aromatic carbocycles. The zero-order valence-corrected chi connectivity index (χ0v) is 14.8. The van der Waals surface area contributed by atoms with Gasteiger partial charge in [-0.3, -0.25) is 4.79 Å². The number of hydrogen-bond donors (Lipinski definition) is 1. The van der Waals surface area contributed by atoms with Crippen LogP contribution in [0, 0.1) is 0 Å². The molecule has 1 amide bonds. The summed E-state index contributed by atoms with van der Waals surface area (Å²) in [4.78, 5) is 11.9. The van der Waals surface area contributed by atoms with Crippen molar-refractivity contribution in [2.45, 2.75) is 32.5 Å². The van der Waals surface area contributed by atoms with Gasteiger partial charge >= 0.3 is 6.18 Å². The first-order valence-electron chi connectivity index (χ1n) is 7.16. The fourth-order valence-corrected chi connectivity index (χ4v) is 3.60. The van der Waals surface area contributed by atoms with Crippen molar-refractivity contribution in [3.8, 4) is 0 Å². The number of sulfonamides is 1. The fourth-order valence-electron chi connectivity index (χ4n) is 2.18. The number of hydrogen-bond acceptors (Lipinski definition) is 3. The predicted octanol–water partition coefficient (Wildman–Crippen LogP) is 2.50. The molecule has 0 saturated carbocycles. The van der Waals surface area contributed by atoms with Crippen LogP contribution in [0.25, 0.3) is 0 Å². The molecule has 1 N–H and O–H groups in total. The Morgan fingerprint density at radius 1 is 1.12 bits per heavy atom. The second kappa shape index (κ2) is 7.10. The third-order valence-corrected chi connectivity index (χ3v) is 4.75. The van der Waals surface area contributed by atoms with Crippen molar-refractivity contribution < 1.29 is 26.4 Å². The van der Waals surface area contributed by atoms with E-state index in [1.807, 2.05) is 0 Å². The molecule has 0 aliphatic carbocycles. The molecule has 0 radical (unpaired) electrons. The van der Waals surface area contributed by atoms with E-state index in [9.17, 15) is 26.4 Å². The monoisotopic (exact) mass is 366 g/mol. The van der Waals surface area contributed by atoms with Crippen molar-refractivity contribution in [2.75, 3.05) is 19.3 Å². The third kappa shape index (κ3) is 5.79. The minimum Gasteiger partial charge on any atom is -0.351 e. The normalized spacial score (nSPS) is 13.2. The van der Waals surface area contributed by atoms with Crippen LogP contribution in [-0.4, -0.2) is 43.5 Å². The molecule has 0 aliphatic heterocycles. The first kappa shape index (κ1) is 20.4. The van der Waals surface area contributed by atoms with Crippen molar-refractivity contribution in [1.29, 1.82) is 0 Å². The molecule has 0 aliphatic rings. The third-order valence-electron chi connectivity index (χ3n) is 3.22. The van der Waals surface area contributed by atoms with Crippen molar-refractivity contribution in [3.63, 3.8) is 0 Å². The molecule has 5 nitrogen and oxygen atoms in total. The number of rotatable bonds is 5. The first-order chi connectivity index (χ1) is 10.7. The van der Waals surface area contributed by atoms with Gasteiger partial charge < -0.3 is 5.32 Å². The minimum atomic E-state index is -4.46. The number of carbonyl (C=O) groups is 1. The van der Waals surface area contributed by atoms with Gasteiger partial charge in [-0.15, -0.1) is 0 Å².